The Hall–Kier alpha value is -0.700. The number of hydrogen-bond donors (Lipinski definition) is 3. The Bertz CT molecular complexity index is 598. The number of phosphoric acid groups is 1. The first-order valence-corrected chi connectivity index (χ1v) is 17.6. The molecule has 1 unspecified atom stereocenters. The summed E-state index contributed by atoms with van der Waals surface area (Å²) in [5, 5.41) is 11.9. The molecule has 0 aliphatic carbocycles. The number of nitrogens with zero attached hydrogens (tertiary/aromatic N) is 2. The van der Waals surface area contributed by atoms with Gasteiger partial charge in [0.2, 0.25) is 0 Å². The zero-order chi connectivity index (χ0) is 30.5. The Kier molecular flexibility index (Phi) is 29.4. The smallest absolute Gasteiger partial charge is 0.317 e. The van der Waals surface area contributed by atoms with Gasteiger partial charge in [-0.05, 0) is 13.3 Å². The number of carbonyl (C=O) groups is 1. The van der Waals surface area contributed by atoms with E-state index in [1.165, 1.54) is 109 Å². The van der Waals surface area contributed by atoms with Gasteiger partial charge in [0.1, 0.15) is 13.2 Å². The molecule has 0 rings (SSSR count). The van der Waals surface area contributed by atoms with Gasteiger partial charge in [0.05, 0.1) is 27.7 Å². The summed E-state index contributed by atoms with van der Waals surface area (Å²) >= 11 is 0. The maximum Gasteiger partial charge on any atom is 0.317 e. The Balaban J connectivity index is 0. The first-order chi connectivity index (χ1) is 19.0. The number of unbranched alkanes of at least 4 members (excludes halogenated alkanes) is 17. The normalized spacial score (nSPS) is 12.9. The van der Waals surface area contributed by atoms with Gasteiger partial charge in [-0.1, -0.05) is 116 Å². The van der Waals surface area contributed by atoms with Crippen molar-refractivity contribution < 1.29 is 33.3 Å². The highest BCUT2D eigenvalue weighted by Gasteiger charge is 2.11. The number of urea groups is 1. The first-order valence-electron chi connectivity index (χ1n) is 16.1. The molecule has 0 saturated carbocycles. The monoisotopic (exact) mass is 595 g/mol. The van der Waals surface area contributed by atoms with Crippen LogP contribution >= 0.6 is 7.82 Å². The predicted octanol–water partition coefficient (Wildman–Crippen LogP) is 6.22. The van der Waals surface area contributed by atoms with E-state index in [9.17, 15) is 14.3 Å². The number of aliphatic hydroxyl groups excluding tert-OH is 1. The van der Waals surface area contributed by atoms with E-state index in [2.05, 4.69) is 16.8 Å². The Morgan fingerprint density at radius 1 is 0.775 bits per heavy atom. The lowest BCUT2D eigenvalue weighted by molar-refractivity contribution is -0.870. The molecule has 2 amide bonds. The van der Waals surface area contributed by atoms with E-state index < -0.39 is 7.82 Å². The zero-order valence-corrected chi connectivity index (χ0v) is 27.7. The predicted molar refractivity (Wildman–Crippen MR) is 165 cm³/mol. The number of phosphoric ester groups is 1. The summed E-state index contributed by atoms with van der Waals surface area (Å²) in [5.74, 6) is 0. The van der Waals surface area contributed by atoms with Crippen molar-refractivity contribution in [3.05, 3.63) is 0 Å². The van der Waals surface area contributed by atoms with E-state index in [1.807, 2.05) is 28.1 Å². The van der Waals surface area contributed by atoms with Crippen LogP contribution < -0.4 is 10.2 Å². The lowest BCUT2D eigenvalue weighted by Crippen LogP contribution is -2.41. The molecular weight excluding hydrogens is 529 g/mol. The summed E-state index contributed by atoms with van der Waals surface area (Å²) in [6, 6.07) is -0.0477. The second-order valence-corrected chi connectivity index (χ2v) is 13.1. The number of quaternary nitrogens is 1. The van der Waals surface area contributed by atoms with Gasteiger partial charge < -0.3 is 34.1 Å². The average molecular weight is 596 g/mol. The summed E-state index contributed by atoms with van der Waals surface area (Å²) < 4.78 is 14.8. The standard InChI is InChI=1S/C25H52N2O2.C5H14NO4P/c1-3-5-6-7-8-9-10-11-12-13-14-15-16-17-18-19-20-21-22-27(23-24-28)25(29)26-4-2;1-6(2,3)4-5-10-11(7,8)9/h28H,3-24H2,1-2H3,(H,26,29);4-5H2,1-3H3,(H-,7,8,9). The van der Waals surface area contributed by atoms with Gasteiger partial charge in [0.15, 0.2) is 0 Å². The van der Waals surface area contributed by atoms with Crippen LogP contribution in [0.15, 0.2) is 0 Å². The van der Waals surface area contributed by atoms with Crippen molar-refractivity contribution in [2.75, 3.05) is 60.5 Å². The van der Waals surface area contributed by atoms with Gasteiger partial charge >= 0.3 is 6.03 Å². The van der Waals surface area contributed by atoms with E-state index in [0.29, 0.717) is 24.1 Å². The molecule has 0 saturated heterocycles. The van der Waals surface area contributed by atoms with Gasteiger partial charge in [-0.3, -0.25) is 4.57 Å². The van der Waals surface area contributed by atoms with E-state index in [4.69, 9.17) is 10.00 Å². The number of rotatable bonds is 26. The van der Waals surface area contributed by atoms with Crippen LogP contribution in [0.1, 0.15) is 129 Å². The molecule has 0 bridgehead atoms. The lowest BCUT2D eigenvalue weighted by Gasteiger charge is -2.25. The van der Waals surface area contributed by atoms with Crippen molar-refractivity contribution in [2.24, 2.45) is 0 Å². The van der Waals surface area contributed by atoms with E-state index in [-0.39, 0.29) is 19.2 Å². The second kappa shape index (κ2) is 28.4. The molecule has 0 aromatic rings. The van der Waals surface area contributed by atoms with Gasteiger partial charge in [0, 0.05) is 19.6 Å². The van der Waals surface area contributed by atoms with Crippen molar-refractivity contribution >= 4 is 13.9 Å². The number of hydrogen-bond acceptors (Lipinski definition) is 5. The Morgan fingerprint density at radius 3 is 1.50 bits per heavy atom. The summed E-state index contributed by atoms with van der Waals surface area (Å²) in [7, 11) is 1.19. The Labute approximate surface area is 247 Å². The highest BCUT2D eigenvalue weighted by molar-refractivity contribution is 7.44. The largest absolute Gasteiger partial charge is 0.756 e. The maximum atomic E-state index is 11.9. The molecule has 9 nitrogen and oxygen atoms in total. The SMILES string of the molecule is CCCCCCCCCCCCCCCCCCCCN(CCO)C(=O)NCC.C[N+](C)(C)CCOP(=O)([O-])O. The van der Waals surface area contributed by atoms with Crippen molar-refractivity contribution in [1.29, 1.82) is 0 Å². The minimum atomic E-state index is -4.51. The zero-order valence-electron chi connectivity index (χ0n) is 26.8. The topological polar surface area (TPSA) is 122 Å². The highest BCUT2D eigenvalue weighted by Crippen LogP contribution is 2.29. The van der Waals surface area contributed by atoms with Crippen LogP contribution in [0.2, 0.25) is 0 Å². The van der Waals surface area contributed by atoms with Crippen LogP contribution in [-0.4, -0.2) is 85.9 Å². The first kappa shape index (κ1) is 41.4. The molecular formula is C30H66N3O6P. The molecule has 0 fully saturated rings. The van der Waals surface area contributed by atoms with E-state index >= 15 is 0 Å². The van der Waals surface area contributed by atoms with Crippen LogP contribution in [-0.2, 0) is 9.09 Å². The van der Waals surface area contributed by atoms with Gasteiger partial charge in [0.25, 0.3) is 7.82 Å². The molecule has 0 aromatic heterocycles. The summed E-state index contributed by atoms with van der Waals surface area (Å²) in [4.78, 5) is 31.8. The summed E-state index contributed by atoms with van der Waals surface area (Å²) in [6.45, 7) is 6.62. The van der Waals surface area contributed by atoms with E-state index in [1.54, 1.807) is 4.90 Å². The third kappa shape index (κ3) is 35.3. The molecule has 0 aromatic carbocycles. The average Bonchev–Trinajstić information content (AvgIpc) is 2.86. The van der Waals surface area contributed by atoms with Crippen LogP contribution in [0.5, 0.6) is 0 Å². The lowest BCUT2D eigenvalue weighted by atomic mass is 10.0. The fraction of sp³-hybridized carbons (Fsp3) is 0.967. The summed E-state index contributed by atoms with van der Waals surface area (Å²) in [5.41, 5.74) is 0. The van der Waals surface area contributed by atoms with Crippen LogP contribution in [0, 0.1) is 0 Å². The number of aliphatic hydroxyl groups is 1. The molecule has 0 aliphatic heterocycles. The number of likely N-dealkylation sites (N-methyl/N-ethyl adjacent to an activating group) is 1. The fourth-order valence-corrected chi connectivity index (χ4v) is 4.65. The number of amides is 2. The van der Waals surface area contributed by atoms with Crippen LogP contribution in [0.25, 0.3) is 0 Å². The van der Waals surface area contributed by atoms with Gasteiger partial charge in [-0.2, -0.15) is 0 Å². The molecule has 1 atom stereocenters. The maximum absolute atomic E-state index is 11.9. The second-order valence-electron chi connectivity index (χ2n) is 11.9. The highest BCUT2D eigenvalue weighted by atomic mass is 31.2. The molecule has 0 aliphatic rings. The molecule has 40 heavy (non-hydrogen) atoms. The van der Waals surface area contributed by atoms with Crippen LogP contribution in [0.3, 0.4) is 0 Å². The molecule has 10 heteroatoms. The summed E-state index contributed by atoms with van der Waals surface area (Å²) in [6.07, 6.45) is 24.7. The minimum Gasteiger partial charge on any atom is -0.756 e. The Morgan fingerprint density at radius 2 is 1.18 bits per heavy atom. The minimum absolute atomic E-state index is 0.0147. The van der Waals surface area contributed by atoms with Crippen molar-refractivity contribution in [3.8, 4) is 0 Å². The fourth-order valence-electron chi connectivity index (χ4n) is 4.33. The van der Waals surface area contributed by atoms with Crippen molar-refractivity contribution in [3.63, 3.8) is 0 Å². The van der Waals surface area contributed by atoms with Gasteiger partial charge in [-0.25, -0.2) is 4.79 Å². The van der Waals surface area contributed by atoms with Crippen LogP contribution in [0.4, 0.5) is 4.79 Å². The quantitative estimate of drug-likeness (QED) is 0.0620. The number of nitrogens with one attached hydrogen (secondary N) is 1. The molecule has 0 spiro atoms. The van der Waals surface area contributed by atoms with E-state index in [0.717, 1.165) is 13.0 Å². The third-order valence-corrected chi connectivity index (χ3v) is 7.29. The molecule has 3 N–H and O–H groups in total. The van der Waals surface area contributed by atoms with Crippen molar-refractivity contribution in [1.82, 2.24) is 10.2 Å². The van der Waals surface area contributed by atoms with Crippen molar-refractivity contribution in [2.45, 2.75) is 129 Å². The molecule has 242 valence electrons. The molecule has 0 heterocycles. The van der Waals surface area contributed by atoms with Gasteiger partial charge in [-0.15, -0.1) is 0 Å². The third-order valence-electron chi connectivity index (χ3n) is 6.78. The molecule has 0 radical (unpaired) electrons. The number of carbonyl (C=O) groups excluding carboxylic acids is 1.